The van der Waals surface area contributed by atoms with Crippen molar-refractivity contribution in [3.05, 3.63) is 94.5 Å². The number of ether oxygens (including phenoxy) is 2. The molecule has 0 atom stereocenters. The number of methoxy groups -OCH3 is 2. The largest absolute Gasteiger partial charge is 0.497 e. The lowest BCUT2D eigenvalue weighted by Gasteiger charge is -2.24. The van der Waals surface area contributed by atoms with Gasteiger partial charge in [-0.05, 0) is 53.8 Å². The standard InChI is InChI=1S/C28H28F3NO5/c1-36-24-15-22(16-25(17-24)37-2)27(35)32(18-21-7-5-20(6-8-21)14-26(33)34)13-3-4-19-9-11-23(12-10-19)28(29,30)31/h5-12,15-17H,3-4,13-14,18H2,1-2H3,(H,33,34). The van der Waals surface area contributed by atoms with Crippen LogP contribution in [-0.4, -0.2) is 42.6 Å². The number of aryl methyl sites for hydroxylation is 1. The van der Waals surface area contributed by atoms with E-state index in [1.165, 1.54) is 26.4 Å². The second-order valence-corrected chi connectivity index (χ2v) is 8.51. The van der Waals surface area contributed by atoms with Gasteiger partial charge in [0.05, 0.1) is 26.2 Å². The molecule has 37 heavy (non-hydrogen) atoms. The van der Waals surface area contributed by atoms with E-state index in [1.54, 1.807) is 47.4 Å². The maximum Gasteiger partial charge on any atom is 0.416 e. The molecule has 9 heteroatoms. The van der Waals surface area contributed by atoms with Crippen LogP contribution in [0.25, 0.3) is 0 Å². The highest BCUT2D eigenvalue weighted by Crippen LogP contribution is 2.29. The number of rotatable bonds is 11. The molecule has 1 N–H and O–H groups in total. The molecule has 0 heterocycles. The summed E-state index contributed by atoms with van der Waals surface area (Å²) in [6.45, 7) is 0.606. The Morgan fingerprint density at radius 1 is 0.838 bits per heavy atom. The molecule has 0 saturated carbocycles. The highest BCUT2D eigenvalue weighted by Gasteiger charge is 2.29. The molecular weight excluding hydrogens is 487 g/mol. The predicted octanol–water partition coefficient (Wildman–Crippen LogP) is 5.62. The summed E-state index contributed by atoms with van der Waals surface area (Å²) < 4.78 is 49.1. The van der Waals surface area contributed by atoms with E-state index in [1.807, 2.05) is 0 Å². The minimum Gasteiger partial charge on any atom is -0.497 e. The first kappa shape index (κ1) is 27.6. The van der Waals surface area contributed by atoms with Crippen molar-refractivity contribution in [2.24, 2.45) is 0 Å². The van der Waals surface area contributed by atoms with E-state index in [0.717, 1.165) is 23.3 Å². The van der Waals surface area contributed by atoms with Gasteiger partial charge in [0.1, 0.15) is 11.5 Å². The zero-order chi connectivity index (χ0) is 27.0. The fourth-order valence-electron chi connectivity index (χ4n) is 3.86. The fraction of sp³-hybridized carbons (Fsp3) is 0.286. The van der Waals surface area contributed by atoms with Gasteiger partial charge in [-0.1, -0.05) is 36.4 Å². The van der Waals surface area contributed by atoms with E-state index in [-0.39, 0.29) is 18.9 Å². The summed E-state index contributed by atoms with van der Waals surface area (Å²) in [7, 11) is 2.98. The van der Waals surface area contributed by atoms with Crippen LogP contribution < -0.4 is 9.47 Å². The Labute approximate surface area is 213 Å². The van der Waals surface area contributed by atoms with Crippen LogP contribution in [0.1, 0.15) is 39.0 Å². The lowest BCUT2D eigenvalue weighted by Crippen LogP contribution is -2.32. The number of carbonyl (C=O) groups is 2. The SMILES string of the molecule is COc1cc(OC)cc(C(=O)N(CCCc2ccc(C(F)(F)F)cc2)Cc2ccc(CC(=O)O)cc2)c1. The van der Waals surface area contributed by atoms with Crippen molar-refractivity contribution in [2.75, 3.05) is 20.8 Å². The number of hydrogen-bond acceptors (Lipinski definition) is 4. The molecule has 3 rings (SSSR count). The minimum absolute atomic E-state index is 0.0976. The summed E-state index contributed by atoms with van der Waals surface area (Å²) in [5.41, 5.74) is 1.86. The highest BCUT2D eigenvalue weighted by atomic mass is 19.4. The van der Waals surface area contributed by atoms with E-state index in [9.17, 15) is 22.8 Å². The lowest BCUT2D eigenvalue weighted by molar-refractivity contribution is -0.138. The minimum atomic E-state index is -4.39. The van der Waals surface area contributed by atoms with Crippen molar-refractivity contribution in [3.63, 3.8) is 0 Å². The summed E-state index contributed by atoms with van der Waals surface area (Å²) in [5, 5.41) is 8.98. The van der Waals surface area contributed by atoms with E-state index < -0.39 is 17.7 Å². The van der Waals surface area contributed by atoms with E-state index in [2.05, 4.69) is 0 Å². The first-order chi connectivity index (χ1) is 17.6. The van der Waals surface area contributed by atoms with Gasteiger partial charge in [0.2, 0.25) is 0 Å². The Morgan fingerprint density at radius 3 is 1.89 bits per heavy atom. The zero-order valence-electron chi connectivity index (χ0n) is 20.5. The normalized spacial score (nSPS) is 11.2. The van der Waals surface area contributed by atoms with Crippen molar-refractivity contribution in [1.82, 2.24) is 4.90 Å². The molecule has 3 aromatic carbocycles. The Balaban J connectivity index is 1.78. The van der Waals surface area contributed by atoms with Crippen molar-refractivity contribution in [3.8, 4) is 11.5 Å². The van der Waals surface area contributed by atoms with Gasteiger partial charge in [-0.25, -0.2) is 0 Å². The van der Waals surface area contributed by atoms with Crippen LogP contribution in [0, 0.1) is 0 Å². The molecule has 0 radical (unpaired) electrons. The second-order valence-electron chi connectivity index (χ2n) is 8.51. The van der Waals surface area contributed by atoms with Crippen molar-refractivity contribution >= 4 is 11.9 Å². The molecule has 0 fully saturated rings. The van der Waals surface area contributed by atoms with Gasteiger partial charge in [0.15, 0.2) is 0 Å². The topological polar surface area (TPSA) is 76.1 Å². The maximum absolute atomic E-state index is 13.5. The molecule has 0 saturated heterocycles. The average Bonchev–Trinajstić information content (AvgIpc) is 2.87. The van der Waals surface area contributed by atoms with E-state index in [4.69, 9.17) is 14.6 Å². The van der Waals surface area contributed by atoms with Gasteiger partial charge in [-0.3, -0.25) is 9.59 Å². The van der Waals surface area contributed by atoms with Crippen LogP contribution >= 0.6 is 0 Å². The molecule has 0 aliphatic heterocycles. The number of alkyl halides is 3. The molecule has 0 aromatic heterocycles. The fourth-order valence-corrected chi connectivity index (χ4v) is 3.86. The Kier molecular flexibility index (Phi) is 9.16. The van der Waals surface area contributed by atoms with Crippen LogP contribution in [0.5, 0.6) is 11.5 Å². The summed E-state index contributed by atoms with van der Waals surface area (Å²) in [6.07, 6.45) is -3.48. The summed E-state index contributed by atoms with van der Waals surface area (Å²) in [4.78, 5) is 26.1. The number of hydrogen-bond donors (Lipinski definition) is 1. The molecule has 0 aliphatic carbocycles. The van der Waals surface area contributed by atoms with Crippen LogP contribution in [0.3, 0.4) is 0 Å². The molecule has 6 nitrogen and oxygen atoms in total. The number of carboxylic acid groups (broad SMARTS) is 1. The van der Waals surface area contributed by atoms with Crippen LogP contribution in [-0.2, 0) is 30.4 Å². The monoisotopic (exact) mass is 515 g/mol. The molecule has 196 valence electrons. The molecule has 0 bridgehead atoms. The van der Waals surface area contributed by atoms with E-state index in [0.29, 0.717) is 42.0 Å². The third-order valence-corrected chi connectivity index (χ3v) is 5.81. The van der Waals surface area contributed by atoms with Crippen molar-refractivity contribution < 1.29 is 37.3 Å². The number of halogens is 3. The van der Waals surface area contributed by atoms with Crippen LogP contribution in [0.4, 0.5) is 13.2 Å². The molecule has 0 spiro atoms. The third-order valence-electron chi connectivity index (χ3n) is 5.81. The number of nitrogens with zero attached hydrogens (tertiary/aromatic N) is 1. The van der Waals surface area contributed by atoms with Crippen LogP contribution in [0.2, 0.25) is 0 Å². The van der Waals surface area contributed by atoms with Gasteiger partial charge in [-0.15, -0.1) is 0 Å². The van der Waals surface area contributed by atoms with Crippen LogP contribution in [0.15, 0.2) is 66.7 Å². The lowest BCUT2D eigenvalue weighted by atomic mass is 10.1. The number of amides is 1. The summed E-state index contributed by atoms with van der Waals surface area (Å²) in [5.74, 6) is -0.269. The molecular formula is C28H28F3NO5. The number of benzene rings is 3. The van der Waals surface area contributed by atoms with Gasteiger partial charge < -0.3 is 19.5 Å². The second kappa shape index (κ2) is 12.3. The maximum atomic E-state index is 13.5. The number of aliphatic carboxylic acids is 1. The highest BCUT2D eigenvalue weighted by molar-refractivity contribution is 5.95. The van der Waals surface area contributed by atoms with E-state index >= 15 is 0 Å². The summed E-state index contributed by atoms with van der Waals surface area (Å²) in [6, 6.07) is 16.9. The van der Waals surface area contributed by atoms with Gasteiger partial charge in [0, 0.05) is 24.7 Å². The predicted molar refractivity (Wildman–Crippen MR) is 132 cm³/mol. The molecule has 0 aliphatic rings. The first-order valence-electron chi connectivity index (χ1n) is 11.6. The van der Waals surface area contributed by atoms with Gasteiger partial charge >= 0.3 is 12.1 Å². The zero-order valence-corrected chi connectivity index (χ0v) is 20.5. The van der Waals surface area contributed by atoms with Crippen molar-refractivity contribution in [1.29, 1.82) is 0 Å². The Morgan fingerprint density at radius 2 is 1.38 bits per heavy atom. The first-order valence-corrected chi connectivity index (χ1v) is 11.6. The smallest absolute Gasteiger partial charge is 0.416 e. The number of carboxylic acids is 1. The quantitative estimate of drug-likeness (QED) is 0.359. The van der Waals surface area contributed by atoms with Gasteiger partial charge in [-0.2, -0.15) is 13.2 Å². The third kappa shape index (κ3) is 7.99. The Bertz CT molecular complexity index is 1190. The molecule has 3 aromatic rings. The average molecular weight is 516 g/mol. The molecule has 0 unspecified atom stereocenters. The number of carbonyl (C=O) groups excluding carboxylic acids is 1. The summed E-state index contributed by atoms with van der Waals surface area (Å²) >= 11 is 0. The van der Waals surface area contributed by atoms with Crippen molar-refractivity contribution in [2.45, 2.75) is 32.0 Å². The Hall–Kier alpha value is -4.01. The van der Waals surface area contributed by atoms with Gasteiger partial charge in [0.25, 0.3) is 5.91 Å². The molecule has 1 amide bonds.